The lowest BCUT2D eigenvalue weighted by Crippen LogP contribution is -2.17. The summed E-state index contributed by atoms with van der Waals surface area (Å²) in [5, 5.41) is 29.0. The lowest BCUT2D eigenvalue weighted by atomic mass is 10.00. The number of phenolic OH excluding ortho intramolecular Hbond substituents is 3. The van der Waals surface area contributed by atoms with E-state index in [0.29, 0.717) is 11.3 Å². The summed E-state index contributed by atoms with van der Waals surface area (Å²) in [5.41, 5.74) is 2.21. The van der Waals surface area contributed by atoms with Crippen molar-refractivity contribution in [1.82, 2.24) is 9.55 Å². The minimum atomic E-state index is -0.497. The summed E-state index contributed by atoms with van der Waals surface area (Å²) in [5.74, 6) is 0.374. The Hall–Kier alpha value is -3.41. The fourth-order valence-corrected chi connectivity index (χ4v) is 2.74. The van der Waals surface area contributed by atoms with E-state index in [-0.39, 0.29) is 17.2 Å². The number of nitrogens with zero attached hydrogens (tertiary/aromatic N) is 2. The summed E-state index contributed by atoms with van der Waals surface area (Å²) >= 11 is 0. The average Bonchev–Trinajstić information content (AvgIpc) is 3.10. The van der Waals surface area contributed by atoms with E-state index in [1.54, 1.807) is 43.0 Å². The van der Waals surface area contributed by atoms with Crippen LogP contribution >= 0.6 is 0 Å². The SMILES string of the molecule is Oc1ccc2c(c1)C=C(n1ccnc1)C(c1ccc(O)c(O)c1)O2. The van der Waals surface area contributed by atoms with E-state index >= 15 is 0 Å². The highest BCUT2D eigenvalue weighted by molar-refractivity contribution is 5.80. The van der Waals surface area contributed by atoms with Gasteiger partial charge in [-0.1, -0.05) is 6.07 Å². The highest BCUT2D eigenvalue weighted by Crippen LogP contribution is 2.42. The van der Waals surface area contributed by atoms with Crippen LogP contribution in [0.15, 0.2) is 55.1 Å². The van der Waals surface area contributed by atoms with E-state index in [4.69, 9.17) is 4.74 Å². The third-order valence-electron chi connectivity index (χ3n) is 3.91. The zero-order valence-electron chi connectivity index (χ0n) is 12.5. The van der Waals surface area contributed by atoms with Gasteiger partial charge in [-0.25, -0.2) is 4.98 Å². The first-order chi connectivity index (χ1) is 11.6. The van der Waals surface area contributed by atoms with Crippen LogP contribution in [0.4, 0.5) is 0 Å². The van der Waals surface area contributed by atoms with E-state index in [1.165, 1.54) is 12.1 Å². The predicted molar refractivity (Wildman–Crippen MR) is 87.6 cm³/mol. The van der Waals surface area contributed by atoms with Crippen molar-refractivity contribution in [1.29, 1.82) is 0 Å². The number of aromatic hydroxyl groups is 3. The molecule has 0 spiro atoms. The molecule has 0 saturated carbocycles. The third kappa shape index (κ3) is 2.34. The molecule has 0 bridgehead atoms. The van der Waals surface area contributed by atoms with Crippen LogP contribution in [0.2, 0.25) is 0 Å². The van der Waals surface area contributed by atoms with Crippen molar-refractivity contribution >= 4 is 11.8 Å². The fourth-order valence-electron chi connectivity index (χ4n) is 2.74. The number of hydrogen-bond donors (Lipinski definition) is 3. The maximum absolute atomic E-state index is 9.80. The van der Waals surface area contributed by atoms with E-state index in [0.717, 1.165) is 11.3 Å². The largest absolute Gasteiger partial charge is 0.508 e. The van der Waals surface area contributed by atoms with Crippen LogP contribution < -0.4 is 4.74 Å². The number of rotatable bonds is 2. The smallest absolute Gasteiger partial charge is 0.164 e. The molecular formula is C18H14N2O4. The third-order valence-corrected chi connectivity index (χ3v) is 3.91. The molecule has 1 aromatic heterocycles. The van der Waals surface area contributed by atoms with Gasteiger partial charge in [0.2, 0.25) is 0 Å². The standard InChI is InChI=1S/C18H14N2O4/c21-13-2-4-17-12(7-13)8-14(20-6-5-19-10-20)18(24-17)11-1-3-15(22)16(23)9-11/h1-10,18,21-23H. The van der Waals surface area contributed by atoms with Gasteiger partial charge in [-0.3, -0.25) is 0 Å². The molecule has 1 aliphatic heterocycles. The number of benzene rings is 2. The maximum Gasteiger partial charge on any atom is 0.164 e. The molecule has 3 N–H and O–H groups in total. The summed E-state index contributed by atoms with van der Waals surface area (Å²) in [6.45, 7) is 0. The van der Waals surface area contributed by atoms with Crippen LogP contribution in [-0.2, 0) is 0 Å². The molecule has 0 fully saturated rings. The molecule has 24 heavy (non-hydrogen) atoms. The first-order valence-electron chi connectivity index (χ1n) is 7.33. The van der Waals surface area contributed by atoms with E-state index in [1.807, 2.05) is 10.6 Å². The molecular weight excluding hydrogens is 308 g/mol. The number of hydrogen-bond acceptors (Lipinski definition) is 5. The average molecular weight is 322 g/mol. The molecule has 2 aromatic carbocycles. The fraction of sp³-hybridized carbons (Fsp3) is 0.0556. The van der Waals surface area contributed by atoms with Gasteiger partial charge in [-0.05, 0) is 36.4 Å². The molecule has 1 unspecified atom stereocenters. The van der Waals surface area contributed by atoms with Gasteiger partial charge in [0.15, 0.2) is 17.6 Å². The first kappa shape index (κ1) is 14.2. The molecule has 6 heteroatoms. The summed E-state index contributed by atoms with van der Waals surface area (Å²) in [4.78, 5) is 4.06. The van der Waals surface area contributed by atoms with Gasteiger partial charge in [-0.2, -0.15) is 0 Å². The van der Waals surface area contributed by atoms with Crippen LogP contribution in [0.5, 0.6) is 23.0 Å². The lowest BCUT2D eigenvalue weighted by molar-refractivity contribution is 0.253. The lowest BCUT2D eigenvalue weighted by Gasteiger charge is -2.28. The second-order valence-electron chi connectivity index (χ2n) is 5.51. The Morgan fingerprint density at radius 2 is 1.88 bits per heavy atom. The Balaban J connectivity index is 1.86. The monoisotopic (exact) mass is 322 g/mol. The van der Waals surface area contributed by atoms with Crippen LogP contribution in [0, 0.1) is 0 Å². The summed E-state index contributed by atoms with van der Waals surface area (Å²) in [7, 11) is 0. The molecule has 4 rings (SSSR count). The Kier molecular flexibility index (Phi) is 3.16. The number of phenols is 3. The predicted octanol–water partition coefficient (Wildman–Crippen LogP) is 3.13. The minimum Gasteiger partial charge on any atom is -0.508 e. The van der Waals surface area contributed by atoms with Gasteiger partial charge < -0.3 is 24.6 Å². The molecule has 2 heterocycles. The van der Waals surface area contributed by atoms with Crippen molar-refractivity contribution in [3.63, 3.8) is 0 Å². The Labute approximate surface area is 137 Å². The van der Waals surface area contributed by atoms with E-state index < -0.39 is 6.10 Å². The number of ether oxygens (including phenoxy) is 1. The topological polar surface area (TPSA) is 87.7 Å². The zero-order chi connectivity index (χ0) is 16.7. The van der Waals surface area contributed by atoms with Crippen molar-refractivity contribution in [3.8, 4) is 23.0 Å². The molecule has 120 valence electrons. The Morgan fingerprint density at radius 1 is 1.00 bits per heavy atom. The second kappa shape index (κ2) is 5.34. The van der Waals surface area contributed by atoms with Gasteiger partial charge in [-0.15, -0.1) is 0 Å². The van der Waals surface area contributed by atoms with Crippen molar-refractivity contribution in [2.24, 2.45) is 0 Å². The first-order valence-corrected chi connectivity index (χ1v) is 7.33. The molecule has 3 aromatic rings. The van der Waals surface area contributed by atoms with Gasteiger partial charge in [0.05, 0.1) is 12.0 Å². The summed E-state index contributed by atoms with van der Waals surface area (Å²) in [6, 6.07) is 9.45. The quantitative estimate of drug-likeness (QED) is 0.631. The van der Waals surface area contributed by atoms with Gasteiger partial charge in [0.25, 0.3) is 0 Å². The van der Waals surface area contributed by atoms with Gasteiger partial charge in [0, 0.05) is 23.5 Å². The molecule has 0 aliphatic carbocycles. The molecule has 0 saturated heterocycles. The van der Waals surface area contributed by atoms with Gasteiger partial charge in [0.1, 0.15) is 11.5 Å². The van der Waals surface area contributed by atoms with Crippen LogP contribution in [0.1, 0.15) is 17.2 Å². The second-order valence-corrected chi connectivity index (χ2v) is 5.51. The zero-order valence-corrected chi connectivity index (χ0v) is 12.5. The van der Waals surface area contributed by atoms with Gasteiger partial charge >= 0.3 is 0 Å². The van der Waals surface area contributed by atoms with Crippen molar-refractivity contribution in [2.75, 3.05) is 0 Å². The van der Waals surface area contributed by atoms with Crippen molar-refractivity contribution in [2.45, 2.75) is 6.10 Å². The minimum absolute atomic E-state index is 0.152. The van der Waals surface area contributed by atoms with Crippen LogP contribution in [0.3, 0.4) is 0 Å². The molecule has 1 aliphatic rings. The molecule has 0 amide bonds. The van der Waals surface area contributed by atoms with Crippen molar-refractivity contribution < 1.29 is 20.1 Å². The normalized spacial score (nSPS) is 16.2. The maximum atomic E-state index is 9.80. The molecule has 1 atom stereocenters. The Morgan fingerprint density at radius 3 is 2.62 bits per heavy atom. The molecule has 6 nitrogen and oxygen atoms in total. The number of imidazole rings is 1. The highest BCUT2D eigenvalue weighted by Gasteiger charge is 2.26. The number of fused-ring (bicyclic) bond motifs is 1. The molecule has 0 radical (unpaired) electrons. The van der Waals surface area contributed by atoms with Crippen molar-refractivity contribution in [3.05, 3.63) is 66.2 Å². The summed E-state index contributed by atoms with van der Waals surface area (Å²) in [6.07, 6.45) is 6.49. The highest BCUT2D eigenvalue weighted by atomic mass is 16.5. The van der Waals surface area contributed by atoms with E-state index in [9.17, 15) is 15.3 Å². The van der Waals surface area contributed by atoms with Crippen LogP contribution in [-0.4, -0.2) is 24.9 Å². The Bertz CT molecular complexity index is 932. The number of aromatic nitrogens is 2. The van der Waals surface area contributed by atoms with E-state index in [2.05, 4.69) is 4.98 Å². The van der Waals surface area contributed by atoms with Crippen LogP contribution in [0.25, 0.3) is 11.8 Å². The summed E-state index contributed by atoms with van der Waals surface area (Å²) < 4.78 is 7.89.